The number of anilines is 1. The summed E-state index contributed by atoms with van der Waals surface area (Å²) in [6, 6.07) is 0. The Bertz CT molecular complexity index is 544. The molecule has 1 aromatic heterocycles. The van der Waals surface area contributed by atoms with Crippen LogP contribution in [0.1, 0.15) is 31.9 Å². The minimum absolute atomic E-state index is 0.104. The van der Waals surface area contributed by atoms with Crippen LogP contribution >= 0.6 is 0 Å². The smallest absolute Gasteiger partial charge is 0.334 e. The number of nitro groups is 1. The molecule has 1 aliphatic heterocycles. The highest BCUT2D eigenvalue weighted by atomic mass is 16.6. The standard InChI is InChI=1S/C13H20N4O3/c1-3-4-10-11(17(19)20)12(15(2)14-10)16-7-13(18,8-16)9-5-6-9/h9,18H,3-8H2,1-2H3. The van der Waals surface area contributed by atoms with Crippen LogP contribution in [0.15, 0.2) is 0 Å². The topological polar surface area (TPSA) is 84.4 Å². The van der Waals surface area contributed by atoms with E-state index in [1.807, 2.05) is 11.8 Å². The fourth-order valence-corrected chi connectivity index (χ4v) is 3.15. The van der Waals surface area contributed by atoms with Crippen LogP contribution in [0.3, 0.4) is 0 Å². The maximum atomic E-state index is 11.3. The van der Waals surface area contributed by atoms with Gasteiger partial charge in [0, 0.05) is 7.05 Å². The molecule has 7 nitrogen and oxygen atoms in total. The zero-order chi connectivity index (χ0) is 14.5. The van der Waals surface area contributed by atoms with E-state index in [0.717, 1.165) is 19.3 Å². The summed E-state index contributed by atoms with van der Waals surface area (Å²) in [5.74, 6) is 0.907. The Labute approximate surface area is 117 Å². The molecule has 0 radical (unpaired) electrons. The van der Waals surface area contributed by atoms with Crippen molar-refractivity contribution in [2.75, 3.05) is 18.0 Å². The summed E-state index contributed by atoms with van der Waals surface area (Å²) < 4.78 is 1.58. The fraction of sp³-hybridized carbons (Fsp3) is 0.769. The number of nitrogens with zero attached hydrogens (tertiary/aromatic N) is 4. The summed E-state index contributed by atoms with van der Waals surface area (Å²) in [5.41, 5.74) is -0.00710. The Hall–Kier alpha value is -1.63. The summed E-state index contributed by atoms with van der Waals surface area (Å²) in [4.78, 5) is 12.9. The first-order chi connectivity index (χ1) is 9.46. The summed E-state index contributed by atoms with van der Waals surface area (Å²) in [7, 11) is 1.73. The molecular weight excluding hydrogens is 260 g/mol. The molecule has 7 heteroatoms. The van der Waals surface area contributed by atoms with Gasteiger partial charge < -0.3 is 10.0 Å². The van der Waals surface area contributed by atoms with Gasteiger partial charge in [0.05, 0.1) is 18.0 Å². The van der Waals surface area contributed by atoms with Gasteiger partial charge in [0.15, 0.2) is 0 Å². The fourth-order valence-electron chi connectivity index (χ4n) is 3.15. The molecule has 2 fully saturated rings. The Morgan fingerprint density at radius 1 is 1.50 bits per heavy atom. The van der Waals surface area contributed by atoms with Crippen molar-refractivity contribution in [3.05, 3.63) is 15.8 Å². The van der Waals surface area contributed by atoms with E-state index in [1.165, 1.54) is 0 Å². The molecule has 0 bridgehead atoms. The van der Waals surface area contributed by atoms with Gasteiger partial charge in [-0.3, -0.25) is 10.1 Å². The van der Waals surface area contributed by atoms with Gasteiger partial charge in [-0.05, 0) is 25.2 Å². The summed E-state index contributed by atoms with van der Waals surface area (Å²) >= 11 is 0. The molecule has 110 valence electrons. The molecule has 1 saturated carbocycles. The lowest BCUT2D eigenvalue weighted by Crippen LogP contribution is -2.63. The minimum atomic E-state index is -0.650. The molecule has 0 aromatic carbocycles. The van der Waals surface area contributed by atoms with E-state index in [9.17, 15) is 15.2 Å². The molecule has 1 saturated heterocycles. The number of β-amino-alcohol motifs (C(OH)–C–C–N with tert-alkyl or cyclic N) is 1. The van der Waals surface area contributed by atoms with E-state index in [1.54, 1.807) is 11.7 Å². The quantitative estimate of drug-likeness (QED) is 0.648. The number of hydrogen-bond donors (Lipinski definition) is 1. The highest BCUT2D eigenvalue weighted by molar-refractivity contribution is 5.64. The number of aryl methyl sites for hydroxylation is 2. The van der Waals surface area contributed by atoms with Crippen LogP contribution in [0, 0.1) is 16.0 Å². The van der Waals surface area contributed by atoms with E-state index < -0.39 is 5.60 Å². The first-order valence-electron chi connectivity index (χ1n) is 7.14. The normalized spacial score (nSPS) is 20.9. The first kappa shape index (κ1) is 13.4. The molecule has 1 aliphatic carbocycles. The van der Waals surface area contributed by atoms with Crippen molar-refractivity contribution in [1.29, 1.82) is 0 Å². The monoisotopic (exact) mass is 280 g/mol. The number of hydrogen-bond acceptors (Lipinski definition) is 5. The predicted octanol–water partition coefficient (Wildman–Crippen LogP) is 1.24. The van der Waals surface area contributed by atoms with E-state index in [2.05, 4.69) is 5.10 Å². The van der Waals surface area contributed by atoms with Crippen LogP contribution < -0.4 is 4.90 Å². The Balaban J connectivity index is 1.87. The second-order valence-electron chi connectivity index (χ2n) is 5.98. The predicted molar refractivity (Wildman–Crippen MR) is 73.7 cm³/mol. The van der Waals surface area contributed by atoms with Gasteiger partial charge in [-0.15, -0.1) is 0 Å². The highest BCUT2D eigenvalue weighted by Crippen LogP contribution is 2.47. The largest absolute Gasteiger partial charge is 0.386 e. The van der Waals surface area contributed by atoms with Crippen molar-refractivity contribution in [3.8, 4) is 0 Å². The van der Waals surface area contributed by atoms with Gasteiger partial charge in [-0.2, -0.15) is 5.10 Å². The van der Waals surface area contributed by atoms with Crippen LogP contribution in [-0.2, 0) is 13.5 Å². The van der Waals surface area contributed by atoms with Gasteiger partial charge >= 0.3 is 5.69 Å². The van der Waals surface area contributed by atoms with Crippen molar-refractivity contribution in [3.63, 3.8) is 0 Å². The van der Waals surface area contributed by atoms with Crippen LogP contribution in [0.2, 0.25) is 0 Å². The lowest BCUT2D eigenvalue weighted by atomic mass is 9.88. The van der Waals surface area contributed by atoms with E-state index >= 15 is 0 Å². The van der Waals surface area contributed by atoms with Crippen LogP contribution in [0.5, 0.6) is 0 Å². The molecule has 0 spiro atoms. The SMILES string of the molecule is CCCc1nn(C)c(N2CC(O)(C3CC3)C2)c1[N+](=O)[O-]. The average Bonchev–Trinajstić information content (AvgIpc) is 3.11. The van der Waals surface area contributed by atoms with Crippen LogP contribution in [0.4, 0.5) is 11.5 Å². The maximum absolute atomic E-state index is 11.3. The highest BCUT2D eigenvalue weighted by Gasteiger charge is 2.53. The average molecular weight is 280 g/mol. The Morgan fingerprint density at radius 3 is 2.65 bits per heavy atom. The van der Waals surface area contributed by atoms with E-state index in [-0.39, 0.29) is 10.6 Å². The summed E-state index contributed by atoms with van der Waals surface area (Å²) in [6.45, 7) is 2.93. The third kappa shape index (κ3) is 1.96. The van der Waals surface area contributed by atoms with Crippen molar-refractivity contribution in [1.82, 2.24) is 9.78 Å². The molecule has 1 N–H and O–H groups in total. The second kappa shape index (κ2) is 4.44. The summed E-state index contributed by atoms with van der Waals surface area (Å²) in [6.07, 6.45) is 3.56. The Morgan fingerprint density at radius 2 is 2.15 bits per heavy atom. The summed E-state index contributed by atoms with van der Waals surface area (Å²) in [5, 5.41) is 26.0. The molecule has 0 atom stereocenters. The van der Waals surface area contributed by atoms with Gasteiger partial charge in [0.25, 0.3) is 0 Å². The molecule has 1 aromatic rings. The maximum Gasteiger partial charge on any atom is 0.334 e. The van der Waals surface area contributed by atoms with Crippen molar-refractivity contribution in [2.24, 2.45) is 13.0 Å². The molecule has 3 rings (SSSR count). The molecule has 0 amide bonds. The van der Waals surface area contributed by atoms with Gasteiger partial charge in [-0.25, -0.2) is 4.68 Å². The first-order valence-corrected chi connectivity index (χ1v) is 7.14. The number of aliphatic hydroxyl groups is 1. The minimum Gasteiger partial charge on any atom is -0.386 e. The number of rotatable bonds is 5. The van der Waals surface area contributed by atoms with Crippen LogP contribution in [-0.4, -0.2) is 38.5 Å². The zero-order valence-corrected chi connectivity index (χ0v) is 11.9. The van der Waals surface area contributed by atoms with Crippen molar-refractivity contribution in [2.45, 2.75) is 38.2 Å². The second-order valence-corrected chi connectivity index (χ2v) is 5.98. The van der Waals surface area contributed by atoms with E-state index in [0.29, 0.717) is 36.9 Å². The lowest BCUT2D eigenvalue weighted by Gasteiger charge is -2.47. The Kier molecular flexibility index (Phi) is 2.97. The number of aromatic nitrogens is 2. The van der Waals surface area contributed by atoms with E-state index in [4.69, 9.17) is 0 Å². The van der Waals surface area contributed by atoms with Gasteiger partial charge in [0.2, 0.25) is 5.82 Å². The van der Waals surface area contributed by atoms with Gasteiger partial charge in [0.1, 0.15) is 11.3 Å². The molecule has 0 unspecified atom stereocenters. The lowest BCUT2D eigenvalue weighted by molar-refractivity contribution is -0.385. The van der Waals surface area contributed by atoms with Gasteiger partial charge in [-0.1, -0.05) is 13.3 Å². The van der Waals surface area contributed by atoms with Crippen molar-refractivity contribution < 1.29 is 10.0 Å². The molecular formula is C13H20N4O3. The third-order valence-corrected chi connectivity index (χ3v) is 4.30. The van der Waals surface area contributed by atoms with Crippen molar-refractivity contribution >= 4 is 11.5 Å². The molecule has 2 heterocycles. The third-order valence-electron chi connectivity index (χ3n) is 4.30. The van der Waals surface area contributed by atoms with Crippen LogP contribution in [0.25, 0.3) is 0 Å². The molecule has 20 heavy (non-hydrogen) atoms. The zero-order valence-electron chi connectivity index (χ0n) is 11.9. The molecule has 2 aliphatic rings.